The Morgan fingerprint density at radius 3 is 0.893 bits per heavy atom. The molecule has 4 nitrogen and oxygen atoms in total. The van der Waals surface area contributed by atoms with Crippen molar-refractivity contribution in [1.29, 1.82) is 0 Å². The maximum atomic E-state index is 10.7. The molecule has 2 aromatic heterocycles. The van der Waals surface area contributed by atoms with Crippen LogP contribution in [-0.4, -0.2) is 15.8 Å². The average molecular weight is 1610 g/mol. The summed E-state index contributed by atoms with van der Waals surface area (Å²) in [7, 11) is 0. The number of benzene rings is 13. The Kier molecular flexibility index (Phi) is 16.8. The number of nitrogens with zero attached hydrogens (tertiary/aromatic N) is 4. The molecule has 0 saturated heterocycles. The van der Waals surface area contributed by atoms with Gasteiger partial charge in [-0.15, -0.1) is 0 Å². The molecule has 0 spiro atoms. The highest BCUT2D eigenvalue weighted by molar-refractivity contribution is 7.00. The molecule has 0 amide bonds. The molecule has 122 heavy (non-hydrogen) atoms. The lowest BCUT2D eigenvalue weighted by atomic mass is 9.33. The molecule has 0 fully saturated rings. The minimum Gasteiger partial charge on any atom is -0.310 e. The molecular weight excluding hydrogens is 1470 g/mol. The highest BCUT2D eigenvalue weighted by Crippen LogP contribution is 2.56. The van der Waals surface area contributed by atoms with Gasteiger partial charge in [0.2, 0.25) is 0 Å². The van der Waals surface area contributed by atoms with Crippen molar-refractivity contribution < 1.29 is 16.4 Å². The number of anilines is 6. The standard InChI is InChI=1S/C117H129BN4/c1-109(2,3)70-73-56-90(76-36-32-40-80(62-76)112(10,11)12)107(91(57-73)77-37-33-41-81(63-77)113(13,14)15)121-102-68-86(119-98-46-30-28-44-88(98)94-66-84(116(22,23)24)48-54-100(94)119)50-52-96(102)118-97-53-51-87(120-99-47-31-29-45-89(99)95-67-85(117(25,26)27)49-55-101(95)120)69-103(97)122(105-61-75(72-111(7,8)9)60-104(121)106(105)118)108-92(78-38-34-42-82(64-78)114(16,17)18)58-74(71-110(4,5)6)59-93(108)79-39-35-43-83(65-79)115(19,20)21/h28-69H,70-72H2,1-27H3/i28D,29D,30D,31D,44D,45D,46D,47D,70D2,71D2. The molecule has 13 aromatic carbocycles. The van der Waals surface area contributed by atoms with Crippen LogP contribution < -0.4 is 26.2 Å². The summed E-state index contributed by atoms with van der Waals surface area (Å²) in [5.74, 6) is 0. The predicted octanol–water partition coefficient (Wildman–Crippen LogP) is 31.2. The molecule has 0 unspecified atom stereocenters. The first-order valence-electron chi connectivity index (χ1n) is 50.0. The SMILES string of the molecule is [2H]c1c([2H])c([2H])c2c(c1[2H])c1cc(C(C)(C)C)ccc1n2-c1ccc2c(c1)N(c1c(-c3cccc(C(C)(C)C)c3)cc(C([2H])([2H])C(C)(C)C)cc1-c1cccc(C(C)(C)C)c1)c1cc(CC(C)(C)C)cc3c1B2c1ccc(-n2c4ccc(C(C)(C)C)cc4c4c([2H])c([2H])c([2H])c([2H])c42)cc1N3c1c(-c2cccc(C(C)(C)C)c2)cc(C([2H])([2H])C(C)(C)C)cc1-c1cccc(C(C)(C)C)c1. The first kappa shape index (κ1) is 69.6. The minimum atomic E-state index is -1.94. The number of rotatable bonds is 11. The number of hydrogen-bond acceptors (Lipinski definition) is 2. The van der Waals surface area contributed by atoms with E-state index in [-0.39, 0.29) is 86.2 Å². The van der Waals surface area contributed by atoms with Crippen molar-refractivity contribution in [3.8, 4) is 55.9 Å². The van der Waals surface area contributed by atoms with Crippen LogP contribution in [0.3, 0.4) is 0 Å². The second-order valence-electron chi connectivity index (χ2n) is 44.4. The number of aromatic nitrogens is 2. The van der Waals surface area contributed by atoms with Gasteiger partial charge in [0.15, 0.2) is 0 Å². The zero-order chi connectivity index (χ0) is 97.5. The van der Waals surface area contributed by atoms with Crippen molar-refractivity contribution in [2.45, 2.75) is 239 Å². The van der Waals surface area contributed by atoms with Crippen LogP contribution >= 0.6 is 0 Å². The molecule has 0 N–H and O–H groups in total. The van der Waals surface area contributed by atoms with Crippen molar-refractivity contribution >= 4 is 101 Å². The van der Waals surface area contributed by atoms with Gasteiger partial charge in [0.05, 0.1) is 44.4 Å². The van der Waals surface area contributed by atoms with E-state index < -0.39 is 30.3 Å². The van der Waals surface area contributed by atoms with E-state index in [1.54, 1.807) is 0 Å². The second-order valence-corrected chi connectivity index (χ2v) is 44.4. The summed E-state index contributed by atoms with van der Waals surface area (Å²) in [6, 6.07) is 72.1. The fourth-order valence-electron chi connectivity index (χ4n) is 18.7. The quantitative estimate of drug-likeness (QED) is 0.120. The summed E-state index contributed by atoms with van der Waals surface area (Å²) in [4.78, 5) is 4.96. The summed E-state index contributed by atoms with van der Waals surface area (Å²) in [5, 5.41) is 2.18. The van der Waals surface area contributed by atoms with Crippen LogP contribution in [0.4, 0.5) is 34.1 Å². The lowest BCUT2D eigenvalue weighted by Crippen LogP contribution is -2.61. The van der Waals surface area contributed by atoms with Crippen molar-refractivity contribution in [1.82, 2.24) is 9.13 Å². The largest absolute Gasteiger partial charge is 0.310 e. The minimum absolute atomic E-state index is 0.140. The Bertz CT molecular complexity index is 6820. The second kappa shape index (κ2) is 29.4. The van der Waals surface area contributed by atoms with Crippen LogP contribution in [0.1, 0.15) is 253 Å². The maximum Gasteiger partial charge on any atom is 0.252 e. The Morgan fingerprint density at radius 2 is 0.590 bits per heavy atom. The summed E-state index contributed by atoms with van der Waals surface area (Å²) in [6.07, 6.45) is -3.34. The molecule has 0 atom stereocenters. The van der Waals surface area contributed by atoms with Crippen LogP contribution in [0.15, 0.2) is 255 Å². The first-order valence-corrected chi connectivity index (χ1v) is 44.0. The molecule has 0 aliphatic carbocycles. The Labute approximate surface area is 747 Å². The van der Waals surface area contributed by atoms with Gasteiger partial charge in [-0.1, -0.05) is 345 Å². The maximum absolute atomic E-state index is 10.7. The molecule has 2 aliphatic rings. The molecule has 15 aromatic rings. The molecule has 4 heterocycles. The fraction of sp³-hybridized carbons (Fsp3) is 0.333. The fourth-order valence-corrected chi connectivity index (χ4v) is 18.7. The topological polar surface area (TPSA) is 16.3 Å². The van der Waals surface area contributed by atoms with Crippen molar-refractivity contribution in [3.63, 3.8) is 0 Å². The lowest BCUT2D eigenvalue weighted by molar-refractivity contribution is 0.411. The van der Waals surface area contributed by atoms with Gasteiger partial charge in [-0.05, 0) is 254 Å². The molecular formula is C117H129BN4. The third-order valence-corrected chi connectivity index (χ3v) is 24.7. The van der Waals surface area contributed by atoms with E-state index in [1.807, 2.05) is 50.7 Å². The van der Waals surface area contributed by atoms with E-state index >= 15 is 0 Å². The molecule has 0 saturated carbocycles. The van der Waals surface area contributed by atoms with E-state index in [1.165, 1.54) is 0 Å². The number of hydrogen-bond donors (Lipinski definition) is 0. The van der Waals surface area contributed by atoms with Gasteiger partial charge in [0, 0.05) is 83.4 Å². The van der Waals surface area contributed by atoms with Crippen molar-refractivity contribution in [2.24, 2.45) is 16.2 Å². The smallest absolute Gasteiger partial charge is 0.252 e. The van der Waals surface area contributed by atoms with Gasteiger partial charge in [-0.2, -0.15) is 0 Å². The highest BCUT2D eigenvalue weighted by atomic mass is 15.2. The van der Waals surface area contributed by atoms with Crippen LogP contribution in [0.2, 0.25) is 0 Å². The van der Waals surface area contributed by atoms with Crippen LogP contribution in [-0.2, 0) is 51.7 Å². The third kappa shape index (κ3) is 15.6. The molecule has 17 rings (SSSR count). The van der Waals surface area contributed by atoms with E-state index in [9.17, 15) is 16.4 Å². The van der Waals surface area contributed by atoms with Gasteiger partial charge in [0.25, 0.3) is 6.71 Å². The normalized spacial score (nSPS) is 15.4. The molecule has 5 heteroatoms. The molecule has 2 aliphatic heterocycles. The van der Waals surface area contributed by atoms with Crippen LogP contribution in [0, 0.1) is 16.2 Å². The zero-order valence-electron chi connectivity index (χ0n) is 89.2. The predicted molar refractivity (Wildman–Crippen MR) is 533 cm³/mol. The van der Waals surface area contributed by atoms with Gasteiger partial charge in [0.1, 0.15) is 0 Å². The highest BCUT2D eigenvalue weighted by Gasteiger charge is 2.47. The van der Waals surface area contributed by atoms with E-state index in [0.717, 1.165) is 134 Å². The van der Waals surface area contributed by atoms with Crippen LogP contribution in [0.25, 0.3) is 99.5 Å². The van der Waals surface area contributed by atoms with Gasteiger partial charge in [-0.3, -0.25) is 0 Å². The van der Waals surface area contributed by atoms with E-state index in [2.05, 4.69) is 361 Å². The van der Waals surface area contributed by atoms with Crippen LogP contribution in [0.5, 0.6) is 0 Å². The molecule has 0 radical (unpaired) electrons. The Balaban J connectivity index is 1.15. The molecule has 620 valence electrons. The Morgan fingerprint density at radius 1 is 0.279 bits per heavy atom. The zero-order valence-corrected chi connectivity index (χ0v) is 77.2. The molecule has 0 bridgehead atoms. The van der Waals surface area contributed by atoms with Gasteiger partial charge in [-0.25, -0.2) is 0 Å². The Hall–Kier alpha value is -10.9. The van der Waals surface area contributed by atoms with E-state index in [0.29, 0.717) is 72.5 Å². The summed E-state index contributed by atoms with van der Waals surface area (Å²) in [5.41, 5.74) is 21.1. The lowest BCUT2D eigenvalue weighted by Gasteiger charge is -2.46. The monoisotopic (exact) mass is 1610 g/mol. The number of fused-ring (bicyclic) bond motifs is 10. The summed E-state index contributed by atoms with van der Waals surface area (Å²) in [6.45, 7) is 57.7. The van der Waals surface area contributed by atoms with Gasteiger partial charge < -0.3 is 18.9 Å². The summed E-state index contributed by atoms with van der Waals surface area (Å²) >= 11 is 0. The van der Waals surface area contributed by atoms with Gasteiger partial charge >= 0.3 is 0 Å². The number of para-hydroxylation sites is 2. The van der Waals surface area contributed by atoms with Crippen molar-refractivity contribution in [3.05, 3.63) is 305 Å². The first-order chi connectivity index (χ1) is 62.0. The summed E-state index contributed by atoms with van der Waals surface area (Å²) < 4.78 is 125. The van der Waals surface area contributed by atoms with E-state index in [4.69, 9.17) is 0 Å². The van der Waals surface area contributed by atoms with Crippen molar-refractivity contribution in [2.75, 3.05) is 9.80 Å². The third-order valence-electron chi connectivity index (χ3n) is 24.7. The average Bonchev–Trinajstić information content (AvgIpc) is 1.18.